The first-order chi connectivity index (χ1) is 21.3. The normalized spacial score (nSPS) is 12.4. The van der Waals surface area contributed by atoms with Gasteiger partial charge in [0.2, 0.25) is 5.91 Å². The summed E-state index contributed by atoms with van der Waals surface area (Å²) in [7, 11) is 0. The standard InChI is InChI=1S/C34H27Br2N3O5/c35-22-19-25(32(41)26(36)20-22)33(44-34(42)39-28-16-8-10-21-9-4-5-13-24(21)28)30(43-23-11-2-1-3-12-23)17-18-31(40)38-29-15-7-6-14-27(29)37/h1-20,30,33,41H,37H2,(H,38,40)(H,39,42)/b18-17+/t30-,33-/m0/s1. The van der Waals surface area contributed by atoms with Gasteiger partial charge in [0.1, 0.15) is 11.5 Å². The zero-order valence-corrected chi connectivity index (χ0v) is 26.3. The lowest BCUT2D eigenvalue weighted by atomic mass is 10.0. The molecule has 0 aliphatic carbocycles. The van der Waals surface area contributed by atoms with Gasteiger partial charge >= 0.3 is 6.09 Å². The monoisotopic (exact) mass is 715 g/mol. The number of hydrogen-bond acceptors (Lipinski definition) is 6. The van der Waals surface area contributed by atoms with Gasteiger partial charge < -0.3 is 25.6 Å². The number of phenolic OH excluding ortho intramolecular Hbond substituents is 1. The van der Waals surface area contributed by atoms with E-state index in [0.717, 1.165) is 10.8 Å². The highest BCUT2D eigenvalue weighted by Gasteiger charge is 2.31. The van der Waals surface area contributed by atoms with Crippen LogP contribution in [-0.2, 0) is 9.53 Å². The maximum Gasteiger partial charge on any atom is 0.412 e. The largest absolute Gasteiger partial charge is 0.506 e. The number of nitrogens with one attached hydrogen (secondary N) is 2. The third-order valence-electron chi connectivity index (χ3n) is 6.59. The Labute approximate surface area is 270 Å². The van der Waals surface area contributed by atoms with Gasteiger partial charge in [-0.15, -0.1) is 0 Å². The Bertz CT molecular complexity index is 1830. The molecule has 0 aliphatic heterocycles. The predicted molar refractivity (Wildman–Crippen MR) is 180 cm³/mol. The van der Waals surface area contributed by atoms with Crippen LogP contribution >= 0.6 is 31.9 Å². The van der Waals surface area contributed by atoms with E-state index in [2.05, 4.69) is 42.5 Å². The number of carbonyl (C=O) groups excluding carboxylic acids is 2. The number of fused-ring (bicyclic) bond motifs is 1. The lowest BCUT2D eigenvalue weighted by Gasteiger charge is -2.27. The van der Waals surface area contributed by atoms with Crippen LogP contribution in [0.3, 0.4) is 0 Å². The van der Waals surface area contributed by atoms with Gasteiger partial charge in [-0.3, -0.25) is 10.1 Å². The van der Waals surface area contributed by atoms with Gasteiger partial charge in [0.05, 0.1) is 21.5 Å². The Balaban J connectivity index is 1.51. The Kier molecular flexibility index (Phi) is 9.83. The molecule has 5 N–H and O–H groups in total. The molecule has 0 aliphatic rings. The number of nitrogen functional groups attached to an aromatic ring is 1. The lowest BCUT2D eigenvalue weighted by molar-refractivity contribution is -0.112. The predicted octanol–water partition coefficient (Wildman–Crippen LogP) is 8.58. The summed E-state index contributed by atoms with van der Waals surface area (Å²) in [6.07, 6.45) is -0.348. The quantitative estimate of drug-likeness (QED) is 0.0895. The fourth-order valence-corrected chi connectivity index (χ4v) is 5.78. The highest BCUT2D eigenvalue weighted by Crippen LogP contribution is 2.39. The van der Waals surface area contributed by atoms with E-state index >= 15 is 0 Å². The molecule has 2 atom stereocenters. The minimum absolute atomic E-state index is 0.160. The van der Waals surface area contributed by atoms with Gasteiger partial charge in [0.15, 0.2) is 12.2 Å². The van der Waals surface area contributed by atoms with Crippen molar-refractivity contribution in [1.82, 2.24) is 0 Å². The average Bonchev–Trinajstić information content (AvgIpc) is 3.02. The zero-order chi connectivity index (χ0) is 31.1. The highest BCUT2D eigenvalue weighted by molar-refractivity contribution is 9.11. The third kappa shape index (κ3) is 7.58. The van der Waals surface area contributed by atoms with Crippen molar-refractivity contribution in [1.29, 1.82) is 0 Å². The first-order valence-electron chi connectivity index (χ1n) is 13.5. The zero-order valence-electron chi connectivity index (χ0n) is 23.1. The molecule has 10 heteroatoms. The molecule has 5 aromatic rings. The molecular formula is C34H27Br2N3O5. The molecule has 0 fully saturated rings. The molecule has 0 radical (unpaired) electrons. The molecule has 0 heterocycles. The van der Waals surface area contributed by atoms with Crippen molar-refractivity contribution in [3.63, 3.8) is 0 Å². The van der Waals surface area contributed by atoms with Crippen molar-refractivity contribution >= 4 is 71.7 Å². The van der Waals surface area contributed by atoms with E-state index in [1.54, 1.807) is 66.7 Å². The SMILES string of the molecule is Nc1ccccc1NC(=O)/C=C/[C@H](Oc1ccccc1)[C@@H](OC(=O)Nc1cccc2ccccc12)c1cc(Br)cc(Br)c1O. The number of para-hydroxylation sites is 3. The minimum atomic E-state index is -1.22. The van der Waals surface area contributed by atoms with E-state index in [9.17, 15) is 14.7 Å². The molecule has 5 rings (SSSR count). The second-order valence-electron chi connectivity index (χ2n) is 9.63. The van der Waals surface area contributed by atoms with E-state index < -0.39 is 24.2 Å². The maximum atomic E-state index is 13.5. The number of phenols is 1. The third-order valence-corrected chi connectivity index (χ3v) is 7.66. The smallest absolute Gasteiger partial charge is 0.412 e. The summed E-state index contributed by atoms with van der Waals surface area (Å²) in [5, 5.41) is 18.4. The van der Waals surface area contributed by atoms with E-state index in [4.69, 9.17) is 15.2 Å². The van der Waals surface area contributed by atoms with Gasteiger partial charge in [-0.1, -0.05) is 82.7 Å². The fourth-order valence-electron chi connectivity index (χ4n) is 4.53. The van der Waals surface area contributed by atoms with Gasteiger partial charge in [-0.25, -0.2) is 4.79 Å². The number of ether oxygens (including phenoxy) is 2. The number of carbonyl (C=O) groups is 2. The number of hydrogen-bond donors (Lipinski definition) is 4. The van der Waals surface area contributed by atoms with Crippen LogP contribution in [0.25, 0.3) is 10.8 Å². The second-order valence-corrected chi connectivity index (χ2v) is 11.4. The van der Waals surface area contributed by atoms with Crippen molar-refractivity contribution < 1.29 is 24.2 Å². The van der Waals surface area contributed by atoms with E-state index in [1.807, 2.05) is 42.5 Å². The Morgan fingerprint density at radius 2 is 1.50 bits per heavy atom. The van der Waals surface area contributed by atoms with Crippen molar-refractivity contribution in [3.05, 3.63) is 136 Å². The van der Waals surface area contributed by atoms with Crippen LogP contribution in [0.4, 0.5) is 21.9 Å². The van der Waals surface area contributed by atoms with Crippen molar-refractivity contribution in [2.24, 2.45) is 0 Å². The summed E-state index contributed by atoms with van der Waals surface area (Å²) in [5.41, 5.74) is 7.61. The first-order valence-corrected chi connectivity index (χ1v) is 15.1. The number of amides is 2. The number of anilines is 3. The number of nitrogens with two attached hydrogens (primary N) is 1. The van der Waals surface area contributed by atoms with Crippen LogP contribution in [0, 0.1) is 0 Å². The van der Waals surface area contributed by atoms with E-state index in [0.29, 0.717) is 31.8 Å². The first kappa shape index (κ1) is 30.7. The van der Waals surface area contributed by atoms with Crippen LogP contribution in [0.1, 0.15) is 11.7 Å². The Morgan fingerprint density at radius 1 is 0.818 bits per heavy atom. The molecule has 0 spiro atoms. The van der Waals surface area contributed by atoms with Crippen molar-refractivity contribution in [3.8, 4) is 11.5 Å². The Hall–Kier alpha value is -4.80. The molecule has 2 amide bonds. The second kappa shape index (κ2) is 14.1. The minimum Gasteiger partial charge on any atom is -0.506 e. The van der Waals surface area contributed by atoms with Crippen molar-refractivity contribution in [2.45, 2.75) is 12.2 Å². The van der Waals surface area contributed by atoms with Crippen LogP contribution in [0.2, 0.25) is 0 Å². The molecule has 8 nitrogen and oxygen atoms in total. The Morgan fingerprint density at radius 3 is 2.30 bits per heavy atom. The lowest BCUT2D eigenvalue weighted by Crippen LogP contribution is -2.30. The molecule has 0 saturated heterocycles. The molecule has 0 aromatic heterocycles. The summed E-state index contributed by atoms with van der Waals surface area (Å²) < 4.78 is 13.3. The molecule has 222 valence electrons. The highest BCUT2D eigenvalue weighted by atomic mass is 79.9. The van der Waals surface area contributed by atoms with Crippen LogP contribution in [0.5, 0.6) is 11.5 Å². The number of benzene rings is 5. The number of rotatable bonds is 9. The van der Waals surface area contributed by atoms with Crippen LogP contribution in [0.15, 0.2) is 130 Å². The fraction of sp³-hybridized carbons (Fsp3) is 0.0588. The molecule has 5 aromatic carbocycles. The maximum absolute atomic E-state index is 13.5. The van der Waals surface area contributed by atoms with Gasteiger partial charge in [-0.05, 0) is 69.9 Å². The topological polar surface area (TPSA) is 123 Å². The number of halogens is 2. The van der Waals surface area contributed by atoms with Gasteiger partial charge in [0.25, 0.3) is 0 Å². The molecule has 44 heavy (non-hydrogen) atoms. The molecule has 0 bridgehead atoms. The van der Waals surface area contributed by atoms with E-state index in [-0.39, 0.29) is 11.3 Å². The number of aromatic hydroxyl groups is 1. The van der Waals surface area contributed by atoms with Gasteiger partial charge in [0, 0.05) is 21.5 Å². The average molecular weight is 717 g/mol. The summed E-state index contributed by atoms with van der Waals surface area (Å²) >= 11 is 6.82. The summed E-state index contributed by atoms with van der Waals surface area (Å²) in [6.45, 7) is 0. The molecule has 0 unspecified atom stereocenters. The van der Waals surface area contributed by atoms with Gasteiger partial charge in [-0.2, -0.15) is 0 Å². The summed E-state index contributed by atoms with van der Waals surface area (Å²) in [6, 6.07) is 32.2. The van der Waals surface area contributed by atoms with Crippen LogP contribution < -0.4 is 21.1 Å². The molecular weight excluding hydrogens is 690 g/mol. The van der Waals surface area contributed by atoms with Crippen LogP contribution in [-0.4, -0.2) is 23.2 Å². The molecule has 0 saturated carbocycles. The van der Waals surface area contributed by atoms with Crippen molar-refractivity contribution in [2.75, 3.05) is 16.4 Å². The summed E-state index contributed by atoms with van der Waals surface area (Å²) in [5.74, 6) is -0.192. The summed E-state index contributed by atoms with van der Waals surface area (Å²) in [4.78, 5) is 26.4. The van der Waals surface area contributed by atoms with E-state index in [1.165, 1.54) is 12.2 Å².